The first-order valence-electron chi connectivity index (χ1n) is 5.11. The third kappa shape index (κ3) is 3.15. The first-order chi connectivity index (χ1) is 8.71. The number of rotatable bonds is 5. The van der Waals surface area contributed by atoms with Gasteiger partial charge in [-0.15, -0.1) is 5.10 Å². The number of nitrogen functional groups attached to an aromatic ring is 1. The number of methoxy groups -OCH3 is 1. The van der Waals surface area contributed by atoms with Crippen molar-refractivity contribution in [1.82, 2.24) is 25.1 Å². The van der Waals surface area contributed by atoms with E-state index in [1.165, 1.54) is 11.8 Å². The summed E-state index contributed by atoms with van der Waals surface area (Å²) < 4.78 is 5.00. The fourth-order valence-corrected chi connectivity index (χ4v) is 2.04. The van der Waals surface area contributed by atoms with Crippen molar-refractivity contribution in [2.45, 2.75) is 23.7 Å². The van der Waals surface area contributed by atoms with Crippen LogP contribution in [0.15, 0.2) is 16.2 Å². The van der Waals surface area contributed by atoms with E-state index in [2.05, 4.69) is 30.6 Å². The van der Waals surface area contributed by atoms with Crippen molar-refractivity contribution in [1.29, 1.82) is 0 Å². The number of anilines is 1. The summed E-state index contributed by atoms with van der Waals surface area (Å²) in [5.74, 6) is 7.17. The van der Waals surface area contributed by atoms with Crippen LogP contribution in [0.1, 0.15) is 11.6 Å². The van der Waals surface area contributed by atoms with Crippen LogP contribution in [-0.4, -0.2) is 32.3 Å². The summed E-state index contributed by atoms with van der Waals surface area (Å²) in [6.45, 7) is 2.15. The van der Waals surface area contributed by atoms with Gasteiger partial charge in [0.15, 0.2) is 5.82 Å². The molecule has 0 fully saturated rings. The average molecular weight is 267 g/mol. The summed E-state index contributed by atoms with van der Waals surface area (Å²) in [6, 6.07) is 1.72. The van der Waals surface area contributed by atoms with Crippen molar-refractivity contribution in [3.63, 3.8) is 0 Å². The molecule has 2 rings (SSSR count). The molecule has 0 bridgehead atoms. The van der Waals surface area contributed by atoms with Crippen LogP contribution in [0.25, 0.3) is 0 Å². The second-order valence-corrected chi connectivity index (χ2v) is 4.38. The van der Waals surface area contributed by atoms with Crippen LogP contribution in [0.4, 0.5) is 5.82 Å². The third-order valence-electron chi connectivity index (χ3n) is 1.94. The normalized spacial score (nSPS) is 10.6. The molecule has 0 saturated heterocycles. The summed E-state index contributed by atoms with van der Waals surface area (Å²) in [5, 5.41) is 8.09. The smallest absolute Gasteiger partial charge is 0.214 e. The number of ether oxygens (including phenoxy) is 1. The number of aromatic amines is 1. The van der Waals surface area contributed by atoms with Crippen LogP contribution in [0.5, 0.6) is 0 Å². The molecule has 0 aromatic carbocycles. The van der Waals surface area contributed by atoms with Gasteiger partial charge in [-0.25, -0.2) is 20.8 Å². The SMILES string of the molecule is COCc1nc(NN)cc(Sc2n[nH]c(C)n2)n1. The van der Waals surface area contributed by atoms with Gasteiger partial charge < -0.3 is 10.2 Å². The van der Waals surface area contributed by atoms with E-state index in [0.29, 0.717) is 28.4 Å². The fraction of sp³-hybridized carbons (Fsp3) is 0.333. The van der Waals surface area contributed by atoms with Crippen LogP contribution in [0.2, 0.25) is 0 Å². The highest BCUT2D eigenvalue weighted by molar-refractivity contribution is 7.99. The van der Waals surface area contributed by atoms with Gasteiger partial charge in [0, 0.05) is 13.2 Å². The van der Waals surface area contributed by atoms with E-state index in [1.54, 1.807) is 13.2 Å². The van der Waals surface area contributed by atoms with Gasteiger partial charge in [0.2, 0.25) is 5.16 Å². The highest BCUT2D eigenvalue weighted by Gasteiger charge is 2.08. The second-order valence-electron chi connectivity index (χ2n) is 3.39. The Kier molecular flexibility index (Phi) is 4.07. The van der Waals surface area contributed by atoms with Gasteiger partial charge in [-0.3, -0.25) is 5.10 Å². The minimum atomic E-state index is 0.316. The maximum atomic E-state index is 5.35. The summed E-state index contributed by atoms with van der Waals surface area (Å²) in [6.07, 6.45) is 0. The van der Waals surface area contributed by atoms with Crippen LogP contribution in [0.3, 0.4) is 0 Å². The number of nitrogens with one attached hydrogen (secondary N) is 2. The van der Waals surface area contributed by atoms with Crippen molar-refractivity contribution in [3.05, 3.63) is 17.7 Å². The zero-order valence-electron chi connectivity index (χ0n) is 9.97. The van der Waals surface area contributed by atoms with E-state index < -0.39 is 0 Å². The molecule has 0 atom stereocenters. The molecule has 0 radical (unpaired) electrons. The van der Waals surface area contributed by atoms with Gasteiger partial charge in [0.05, 0.1) is 0 Å². The molecule has 96 valence electrons. The molecule has 0 spiro atoms. The van der Waals surface area contributed by atoms with Gasteiger partial charge in [0.25, 0.3) is 0 Å². The quantitative estimate of drug-likeness (QED) is 0.407. The Balaban J connectivity index is 2.23. The number of H-pyrrole nitrogens is 1. The van der Waals surface area contributed by atoms with Crippen LogP contribution >= 0.6 is 11.8 Å². The van der Waals surface area contributed by atoms with Crippen LogP contribution < -0.4 is 11.3 Å². The summed E-state index contributed by atoms with van der Waals surface area (Å²) in [5.41, 5.74) is 2.49. The van der Waals surface area contributed by atoms with E-state index in [1.807, 2.05) is 6.92 Å². The zero-order valence-corrected chi connectivity index (χ0v) is 10.8. The Hall–Kier alpha value is -1.71. The molecule has 0 unspecified atom stereocenters. The zero-order chi connectivity index (χ0) is 13.0. The van der Waals surface area contributed by atoms with E-state index in [4.69, 9.17) is 10.6 Å². The van der Waals surface area contributed by atoms with Crippen LogP contribution in [0, 0.1) is 6.92 Å². The van der Waals surface area contributed by atoms with Gasteiger partial charge in [0.1, 0.15) is 23.3 Å². The number of nitrogens with two attached hydrogens (primary N) is 1. The maximum absolute atomic E-state index is 5.35. The topological polar surface area (TPSA) is 115 Å². The van der Waals surface area contributed by atoms with Crippen molar-refractivity contribution < 1.29 is 4.74 Å². The molecular weight excluding hydrogens is 254 g/mol. The number of hydrogen-bond donors (Lipinski definition) is 3. The molecule has 0 aliphatic heterocycles. The molecule has 8 nitrogen and oxygen atoms in total. The predicted molar refractivity (Wildman–Crippen MR) is 65.8 cm³/mol. The lowest BCUT2D eigenvalue weighted by Gasteiger charge is -2.05. The fourth-order valence-electron chi connectivity index (χ4n) is 1.25. The highest BCUT2D eigenvalue weighted by atomic mass is 32.2. The standard InChI is InChI=1S/C9H13N7OS/c1-5-11-9(16-15-5)18-8-3-6(14-10)12-7(13-8)4-17-2/h3H,4,10H2,1-2H3,(H,11,15,16)(H,12,13,14). The molecule has 0 aliphatic rings. The van der Waals surface area contributed by atoms with Crippen LogP contribution in [-0.2, 0) is 11.3 Å². The molecule has 4 N–H and O–H groups in total. The Morgan fingerprint density at radius 1 is 1.44 bits per heavy atom. The Bertz CT molecular complexity index is 529. The Labute approximate surface area is 108 Å². The van der Waals surface area contributed by atoms with E-state index in [-0.39, 0.29) is 0 Å². The minimum Gasteiger partial charge on any atom is -0.377 e. The Morgan fingerprint density at radius 2 is 2.28 bits per heavy atom. The molecule has 0 aliphatic carbocycles. The molecule has 2 aromatic rings. The first-order valence-corrected chi connectivity index (χ1v) is 5.93. The second kappa shape index (κ2) is 5.76. The number of aromatic nitrogens is 5. The molecular formula is C9H13N7OS. The monoisotopic (exact) mass is 267 g/mol. The average Bonchev–Trinajstić information content (AvgIpc) is 2.75. The maximum Gasteiger partial charge on any atom is 0.214 e. The third-order valence-corrected chi connectivity index (χ3v) is 2.73. The van der Waals surface area contributed by atoms with E-state index in [9.17, 15) is 0 Å². The predicted octanol–water partition coefficient (Wildman–Crippen LogP) is 0.486. The largest absolute Gasteiger partial charge is 0.377 e. The highest BCUT2D eigenvalue weighted by Crippen LogP contribution is 2.24. The van der Waals surface area contributed by atoms with Gasteiger partial charge >= 0.3 is 0 Å². The molecule has 9 heteroatoms. The lowest BCUT2D eigenvalue weighted by Crippen LogP contribution is -2.11. The lowest BCUT2D eigenvalue weighted by atomic mass is 10.5. The number of hydrazine groups is 1. The van der Waals surface area contributed by atoms with Crippen molar-refractivity contribution >= 4 is 17.6 Å². The van der Waals surface area contributed by atoms with E-state index in [0.717, 1.165) is 5.82 Å². The molecule has 0 saturated carbocycles. The van der Waals surface area contributed by atoms with Gasteiger partial charge in [-0.05, 0) is 18.7 Å². The van der Waals surface area contributed by atoms with Crippen molar-refractivity contribution in [2.75, 3.05) is 12.5 Å². The van der Waals surface area contributed by atoms with Crippen molar-refractivity contribution in [3.8, 4) is 0 Å². The molecule has 2 aromatic heterocycles. The number of aryl methyl sites for hydroxylation is 1. The summed E-state index contributed by atoms with van der Waals surface area (Å²) >= 11 is 1.32. The molecule has 2 heterocycles. The first kappa shape index (κ1) is 12.7. The molecule has 0 amide bonds. The number of hydrogen-bond acceptors (Lipinski definition) is 8. The summed E-state index contributed by atoms with van der Waals surface area (Å²) in [4.78, 5) is 12.7. The van der Waals surface area contributed by atoms with E-state index >= 15 is 0 Å². The summed E-state index contributed by atoms with van der Waals surface area (Å²) in [7, 11) is 1.58. The van der Waals surface area contributed by atoms with Gasteiger partial charge in [-0.1, -0.05) is 0 Å². The minimum absolute atomic E-state index is 0.316. The van der Waals surface area contributed by atoms with Crippen molar-refractivity contribution in [2.24, 2.45) is 5.84 Å². The number of nitrogens with zero attached hydrogens (tertiary/aromatic N) is 4. The molecule has 18 heavy (non-hydrogen) atoms. The lowest BCUT2D eigenvalue weighted by molar-refractivity contribution is 0.177. The van der Waals surface area contributed by atoms with Gasteiger partial charge in [-0.2, -0.15) is 0 Å². The Morgan fingerprint density at radius 3 is 2.89 bits per heavy atom.